The maximum atomic E-state index is 10.4. The molecule has 0 aliphatic carbocycles. The summed E-state index contributed by atoms with van der Waals surface area (Å²) in [5, 5.41) is 0. The molecule has 1 rings (SSSR count). The fourth-order valence-corrected chi connectivity index (χ4v) is 0.809. The van der Waals surface area contributed by atoms with Crippen molar-refractivity contribution in [2.45, 2.75) is 0 Å². The molecule has 2 heteroatoms. The van der Waals surface area contributed by atoms with Crippen molar-refractivity contribution in [3.8, 4) is 0 Å². The Bertz CT molecular complexity index is 235. The van der Waals surface area contributed by atoms with E-state index >= 15 is 0 Å². The molecule has 0 unspecified atom stereocenters. The lowest BCUT2D eigenvalue weighted by Crippen LogP contribution is -2.11. The Hall–Kier alpha value is -1.57. The largest absolute Gasteiger partial charge is 0.291 e. The fourth-order valence-electron chi connectivity index (χ4n) is 0.809. The number of amides is 1. The van der Waals surface area contributed by atoms with E-state index in [9.17, 15) is 4.79 Å². The molecule has 11 heavy (non-hydrogen) atoms. The van der Waals surface area contributed by atoms with Crippen LogP contribution in [-0.4, -0.2) is 6.41 Å². The third-order valence-corrected chi connectivity index (χ3v) is 1.36. The highest BCUT2D eigenvalue weighted by Crippen LogP contribution is 2.10. The zero-order valence-corrected chi connectivity index (χ0v) is 6.10. The Kier molecular flexibility index (Phi) is 2.44. The first kappa shape index (κ1) is 7.54. The van der Waals surface area contributed by atoms with Crippen LogP contribution in [0, 0.1) is 0 Å². The number of benzene rings is 1. The molecule has 0 aliphatic heterocycles. The first-order valence-corrected chi connectivity index (χ1v) is 3.29. The zero-order valence-electron chi connectivity index (χ0n) is 6.10. The average Bonchev–Trinajstić information content (AvgIpc) is 2.09. The van der Waals surface area contributed by atoms with E-state index in [1.807, 2.05) is 30.3 Å². The molecule has 56 valence electrons. The number of rotatable bonds is 3. The SMILES string of the molecule is C=CN(C=O)c1ccccc1. The topological polar surface area (TPSA) is 20.3 Å². The van der Waals surface area contributed by atoms with Crippen LogP contribution in [0.2, 0.25) is 0 Å². The van der Waals surface area contributed by atoms with Crippen molar-refractivity contribution in [3.63, 3.8) is 0 Å². The minimum absolute atomic E-state index is 0.725. The molecule has 0 saturated carbocycles. The number of hydrogen-bond donors (Lipinski definition) is 0. The summed E-state index contributed by atoms with van der Waals surface area (Å²) in [4.78, 5) is 11.8. The molecule has 0 N–H and O–H groups in total. The molecule has 0 aromatic heterocycles. The van der Waals surface area contributed by atoms with Crippen LogP contribution in [0.3, 0.4) is 0 Å². The van der Waals surface area contributed by atoms with Gasteiger partial charge in [-0.1, -0.05) is 24.8 Å². The summed E-state index contributed by atoms with van der Waals surface area (Å²) in [6.07, 6.45) is 2.20. The van der Waals surface area contributed by atoms with Gasteiger partial charge in [-0.05, 0) is 12.1 Å². The van der Waals surface area contributed by atoms with Crippen molar-refractivity contribution in [2.75, 3.05) is 4.90 Å². The highest BCUT2D eigenvalue weighted by molar-refractivity contribution is 5.77. The molecule has 0 spiro atoms. The zero-order chi connectivity index (χ0) is 8.10. The smallest absolute Gasteiger partial charge is 0.218 e. The van der Waals surface area contributed by atoms with Gasteiger partial charge in [0.25, 0.3) is 0 Å². The van der Waals surface area contributed by atoms with Gasteiger partial charge in [-0.25, -0.2) is 0 Å². The molecule has 1 aromatic rings. The van der Waals surface area contributed by atoms with Gasteiger partial charge in [-0.3, -0.25) is 9.69 Å². The van der Waals surface area contributed by atoms with Crippen molar-refractivity contribution < 1.29 is 4.79 Å². The number of anilines is 1. The van der Waals surface area contributed by atoms with Crippen LogP contribution in [0.1, 0.15) is 0 Å². The molecule has 1 amide bonds. The summed E-state index contributed by atoms with van der Waals surface area (Å²) >= 11 is 0. The summed E-state index contributed by atoms with van der Waals surface area (Å²) in [6, 6.07) is 9.33. The molecule has 2 nitrogen and oxygen atoms in total. The van der Waals surface area contributed by atoms with Crippen LogP contribution in [-0.2, 0) is 4.79 Å². The van der Waals surface area contributed by atoms with Crippen molar-refractivity contribution in [1.29, 1.82) is 0 Å². The molecular weight excluding hydrogens is 138 g/mol. The second-order valence-corrected chi connectivity index (χ2v) is 2.03. The second kappa shape index (κ2) is 3.56. The summed E-state index contributed by atoms with van der Waals surface area (Å²) < 4.78 is 0. The van der Waals surface area contributed by atoms with Gasteiger partial charge in [0.1, 0.15) is 0 Å². The van der Waals surface area contributed by atoms with E-state index in [-0.39, 0.29) is 0 Å². The minimum Gasteiger partial charge on any atom is -0.291 e. The van der Waals surface area contributed by atoms with Gasteiger partial charge < -0.3 is 0 Å². The average molecular weight is 147 g/mol. The van der Waals surface area contributed by atoms with Crippen molar-refractivity contribution in [3.05, 3.63) is 43.1 Å². The molecule has 0 heterocycles. The highest BCUT2D eigenvalue weighted by atomic mass is 16.1. The second-order valence-electron chi connectivity index (χ2n) is 2.03. The van der Waals surface area contributed by atoms with E-state index in [1.54, 1.807) is 0 Å². The van der Waals surface area contributed by atoms with E-state index in [4.69, 9.17) is 0 Å². The van der Waals surface area contributed by atoms with Crippen molar-refractivity contribution in [1.82, 2.24) is 0 Å². The number of carbonyl (C=O) groups is 1. The van der Waals surface area contributed by atoms with Gasteiger partial charge in [0.05, 0.1) is 0 Å². The Labute approximate surface area is 65.8 Å². The van der Waals surface area contributed by atoms with E-state index in [1.165, 1.54) is 11.1 Å². The van der Waals surface area contributed by atoms with E-state index in [2.05, 4.69) is 6.58 Å². The van der Waals surface area contributed by atoms with Gasteiger partial charge in [-0.2, -0.15) is 0 Å². The number of para-hydroxylation sites is 1. The Morgan fingerprint density at radius 3 is 2.36 bits per heavy atom. The number of nitrogens with zero attached hydrogens (tertiary/aromatic N) is 1. The van der Waals surface area contributed by atoms with Crippen LogP contribution in [0.4, 0.5) is 5.69 Å². The maximum Gasteiger partial charge on any atom is 0.218 e. The van der Waals surface area contributed by atoms with Crippen LogP contribution >= 0.6 is 0 Å². The van der Waals surface area contributed by atoms with Crippen LogP contribution in [0.15, 0.2) is 43.1 Å². The Morgan fingerprint density at radius 2 is 1.91 bits per heavy atom. The molecular formula is C9H9NO. The lowest BCUT2D eigenvalue weighted by atomic mass is 10.3. The minimum atomic E-state index is 0.725. The highest BCUT2D eigenvalue weighted by Gasteiger charge is 1.96. The molecule has 0 radical (unpaired) electrons. The molecule has 0 saturated heterocycles. The van der Waals surface area contributed by atoms with Crippen LogP contribution in [0.5, 0.6) is 0 Å². The van der Waals surface area contributed by atoms with Crippen molar-refractivity contribution >= 4 is 12.1 Å². The predicted molar refractivity (Wildman–Crippen MR) is 45.2 cm³/mol. The normalized spacial score (nSPS) is 8.73. The number of hydrogen-bond acceptors (Lipinski definition) is 1. The molecule has 0 bridgehead atoms. The summed E-state index contributed by atoms with van der Waals surface area (Å²) in [5.74, 6) is 0. The van der Waals surface area contributed by atoms with Crippen LogP contribution < -0.4 is 4.90 Å². The Morgan fingerprint density at radius 1 is 1.27 bits per heavy atom. The van der Waals surface area contributed by atoms with Gasteiger partial charge in [0.15, 0.2) is 0 Å². The number of carbonyl (C=O) groups excluding carboxylic acids is 1. The maximum absolute atomic E-state index is 10.4. The summed E-state index contributed by atoms with van der Waals surface area (Å²) in [6.45, 7) is 3.50. The van der Waals surface area contributed by atoms with E-state index < -0.39 is 0 Å². The monoisotopic (exact) mass is 147 g/mol. The fraction of sp³-hybridized carbons (Fsp3) is 0. The third-order valence-electron chi connectivity index (χ3n) is 1.36. The summed E-state index contributed by atoms with van der Waals surface area (Å²) in [7, 11) is 0. The standard InChI is InChI=1S/C9H9NO/c1-2-10(8-11)9-6-4-3-5-7-9/h2-8H,1H2. The predicted octanol–water partition coefficient (Wildman–Crippen LogP) is 1.79. The third kappa shape index (κ3) is 1.67. The van der Waals surface area contributed by atoms with E-state index in [0.29, 0.717) is 0 Å². The first-order valence-electron chi connectivity index (χ1n) is 3.29. The first-order chi connectivity index (χ1) is 5.38. The molecule has 0 fully saturated rings. The quantitative estimate of drug-likeness (QED) is 0.597. The molecule has 0 aliphatic rings. The summed E-state index contributed by atoms with van der Waals surface area (Å²) in [5.41, 5.74) is 0.831. The van der Waals surface area contributed by atoms with Crippen LogP contribution in [0.25, 0.3) is 0 Å². The van der Waals surface area contributed by atoms with E-state index in [0.717, 1.165) is 12.1 Å². The molecule has 0 atom stereocenters. The van der Waals surface area contributed by atoms with Gasteiger partial charge in [0.2, 0.25) is 6.41 Å². The van der Waals surface area contributed by atoms with Gasteiger partial charge in [-0.15, -0.1) is 0 Å². The van der Waals surface area contributed by atoms with Gasteiger partial charge in [0, 0.05) is 11.9 Å². The molecule has 1 aromatic carbocycles. The van der Waals surface area contributed by atoms with Crippen molar-refractivity contribution in [2.24, 2.45) is 0 Å². The lowest BCUT2D eigenvalue weighted by molar-refractivity contribution is -0.106. The van der Waals surface area contributed by atoms with Gasteiger partial charge >= 0.3 is 0 Å². The lowest BCUT2D eigenvalue weighted by Gasteiger charge is -2.09. The Balaban J connectivity index is 2.90.